The minimum atomic E-state index is -4.35. The maximum absolute atomic E-state index is 13.9. The minimum Gasteiger partial charge on any atom is -0.481 e. The Bertz CT molecular complexity index is 1800. The minimum absolute atomic E-state index is 0.0149. The number of carboxylic acid groups (broad SMARTS) is 2. The maximum Gasteiger partial charge on any atom is 0.424 e. The molecule has 0 aliphatic carbocycles. The molecule has 0 aromatic heterocycles. The smallest absolute Gasteiger partial charge is 0.424 e. The van der Waals surface area contributed by atoms with Crippen molar-refractivity contribution in [3.05, 3.63) is 35.4 Å². The van der Waals surface area contributed by atoms with Gasteiger partial charge < -0.3 is 30.2 Å². The summed E-state index contributed by atoms with van der Waals surface area (Å²) >= 11 is 1.17. The van der Waals surface area contributed by atoms with E-state index in [1.807, 2.05) is 0 Å². The number of unbranched alkanes of at least 4 members (excludes halogenated alkanes) is 24. The molecule has 0 spiro atoms. The van der Waals surface area contributed by atoms with E-state index < -0.39 is 82.2 Å². The number of ketones is 1. The van der Waals surface area contributed by atoms with Gasteiger partial charge >= 0.3 is 30.0 Å². The first-order chi connectivity index (χ1) is 34.3. The molecule has 1 aromatic carbocycles. The van der Waals surface area contributed by atoms with E-state index in [2.05, 4.69) is 13.8 Å². The Balaban J connectivity index is 2.88. The average molecular weight is 1060 g/mol. The number of Topliss-reactive ketones (excluding diaryl/α,β-unsaturated/α-hetero) is 1. The third-order valence-electron chi connectivity index (χ3n) is 12.5. The van der Waals surface area contributed by atoms with Crippen LogP contribution in [0.5, 0.6) is 0 Å². The molecule has 414 valence electrons. The largest absolute Gasteiger partial charge is 0.481 e. The standard InChI is InChI=1S/C55H94N2O13S2/c1-6-8-10-12-14-16-18-20-22-24-26-28-30-32-49(60)68-43-47(69-50(61)33-31-29-27-25-23-21-19-17-15-13-11-9-7-2)44-71-40-41-72(66,67)57(53(65)70-54(3,4)5)42-45-34-36-46(37-35-45)51(62)55(56,52(63)64)39-38-48(58)59/h34-37,47H,6-33,38-44,56H2,1-5H3,(H,58,59)(H,63,64). The molecule has 0 radical (unpaired) electrons. The van der Waals surface area contributed by atoms with Crippen molar-refractivity contribution in [2.45, 2.75) is 251 Å². The van der Waals surface area contributed by atoms with Crippen LogP contribution in [0.15, 0.2) is 24.3 Å². The number of amides is 1. The lowest BCUT2D eigenvalue weighted by Gasteiger charge is -2.27. The number of thioether (sulfide) groups is 1. The van der Waals surface area contributed by atoms with E-state index in [0.29, 0.717) is 17.1 Å². The highest BCUT2D eigenvalue weighted by Crippen LogP contribution is 2.23. The molecule has 15 nitrogen and oxygen atoms in total. The van der Waals surface area contributed by atoms with Gasteiger partial charge in [0.25, 0.3) is 0 Å². The van der Waals surface area contributed by atoms with Crippen LogP contribution in [0.1, 0.15) is 243 Å². The Morgan fingerprint density at radius 3 is 1.49 bits per heavy atom. The first-order valence-corrected chi connectivity index (χ1v) is 30.1. The second-order valence-corrected chi connectivity index (χ2v) is 23.5. The highest BCUT2D eigenvalue weighted by Gasteiger charge is 2.43. The molecule has 1 aromatic rings. The number of nitrogens with zero attached hydrogens (tertiary/aromatic N) is 1. The molecule has 0 saturated carbocycles. The fraction of sp³-hybridized carbons (Fsp3) is 0.782. The van der Waals surface area contributed by atoms with Gasteiger partial charge in [0.05, 0.1) is 12.3 Å². The molecule has 4 N–H and O–H groups in total. The molecule has 1 amide bonds. The molecule has 0 fully saturated rings. The number of carboxylic acids is 2. The van der Waals surface area contributed by atoms with Crippen LogP contribution in [-0.4, -0.2) is 99.8 Å². The van der Waals surface area contributed by atoms with Gasteiger partial charge in [0.1, 0.15) is 18.3 Å². The predicted octanol–water partition coefficient (Wildman–Crippen LogP) is 12.7. The molecule has 0 aliphatic rings. The van der Waals surface area contributed by atoms with Crippen molar-refractivity contribution < 1.29 is 61.6 Å². The molecule has 17 heteroatoms. The number of esters is 2. The Labute approximate surface area is 437 Å². The quantitative estimate of drug-likeness (QED) is 0.0181. The maximum atomic E-state index is 13.9. The Hall–Kier alpha value is -3.70. The highest BCUT2D eigenvalue weighted by atomic mass is 32.2. The lowest BCUT2D eigenvalue weighted by molar-refractivity contribution is -0.157. The van der Waals surface area contributed by atoms with E-state index >= 15 is 0 Å². The van der Waals surface area contributed by atoms with Crippen LogP contribution in [0.4, 0.5) is 4.79 Å². The van der Waals surface area contributed by atoms with Gasteiger partial charge in [0, 0.05) is 36.3 Å². The molecule has 2 atom stereocenters. The molecule has 0 bridgehead atoms. The third kappa shape index (κ3) is 31.8. The molecule has 72 heavy (non-hydrogen) atoms. The number of aliphatic carboxylic acids is 2. The monoisotopic (exact) mass is 1050 g/mol. The predicted molar refractivity (Wildman–Crippen MR) is 287 cm³/mol. The highest BCUT2D eigenvalue weighted by molar-refractivity contribution is 8.00. The van der Waals surface area contributed by atoms with Crippen LogP contribution < -0.4 is 5.73 Å². The number of ether oxygens (including phenoxy) is 3. The van der Waals surface area contributed by atoms with Crippen molar-refractivity contribution >= 4 is 57.5 Å². The van der Waals surface area contributed by atoms with Crippen LogP contribution in [0.3, 0.4) is 0 Å². The number of hydrogen-bond acceptors (Lipinski definition) is 13. The fourth-order valence-corrected chi connectivity index (χ4v) is 10.8. The van der Waals surface area contributed by atoms with E-state index in [1.54, 1.807) is 20.8 Å². The zero-order valence-corrected chi connectivity index (χ0v) is 46.5. The van der Waals surface area contributed by atoms with Gasteiger partial charge in [-0.2, -0.15) is 16.1 Å². The molecular formula is C55H94N2O13S2. The number of carbonyl (C=O) groups excluding carboxylic acids is 4. The fourth-order valence-electron chi connectivity index (χ4n) is 8.08. The van der Waals surface area contributed by atoms with Gasteiger partial charge in [-0.1, -0.05) is 192 Å². The van der Waals surface area contributed by atoms with Crippen LogP contribution in [0, 0.1) is 0 Å². The second kappa shape index (κ2) is 38.8. The summed E-state index contributed by atoms with van der Waals surface area (Å²) in [6.45, 7) is 8.57. The zero-order chi connectivity index (χ0) is 53.7. The molecule has 1 rings (SSSR count). The average Bonchev–Trinajstić information content (AvgIpc) is 3.32. The topological polar surface area (TPSA) is 234 Å². The summed E-state index contributed by atoms with van der Waals surface area (Å²) in [5, 5.41) is 18.7. The SMILES string of the molecule is CCCCCCCCCCCCCCCC(=O)OCC(CSCCS(=O)(=O)N(Cc1ccc(C(=O)C(N)(CCC(=O)O)C(=O)O)cc1)C(=O)OC(C)(C)C)OC(=O)CCCCCCCCCCCCCCC. The summed E-state index contributed by atoms with van der Waals surface area (Å²) in [5.41, 5.74) is 2.41. The Kier molecular flexibility index (Phi) is 35.8. The van der Waals surface area contributed by atoms with Crippen LogP contribution in [-0.2, 0) is 50.0 Å². The molecule has 2 unspecified atom stereocenters. The Morgan fingerprint density at radius 1 is 0.639 bits per heavy atom. The zero-order valence-electron chi connectivity index (χ0n) is 44.9. The number of rotatable bonds is 45. The van der Waals surface area contributed by atoms with Crippen molar-refractivity contribution in [2.75, 3.05) is 23.9 Å². The van der Waals surface area contributed by atoms with Gasteiger partial charge in [-0.3, -0.25) is 19.2 Å². The van der Waals surface area contributed by atoms with E-state index in [0.717, 1.165) is 38.5 Å². The van der Waals surface area contributed by atoms with Crippen LogP contribution >= 0.6 is 11.8 Å². The lowest BCUT2D eigenvalue weighted by atomic mass is 9.85. The first kappa shape index (κ1) is 66.3. The summed E-state index contributed by atoms with van der Waals surface area (Å²) in [5.74, 6) is -5.24. The molecular weight excluding hydrogens is 961 g/mol. The summed E-state index contributed by atoms with van der Waals surface area (Å²) in [6.07, 6.45) is 27.9. The molecule has 0 aliphatic heterocycles. The summed E-state index contributed by atoms with van der Waals surface area (Å²) in [4.78, 5) is 75.4. The van der Waals surface area contributed by atoms with E-state index in [9.17, 15) is 42.3 Å². The summed E-state index contributed by atoms with van der Waals surface area (Å²) < 4.78 is 45.1. The van der Waals surface area contributed by atoms with Gasteiger partial charge in [0.15, 0.2) is 11.3 Å². The van der Waals surface area contributed by atoms with Gasteiger partial charge in [0.2, 0.25) is 10.0 Å². The van der Waals surface area contributed by atoms with E-state index in [-0.39, 0.29) is 48.1 Å². The number of carbonyl (C=O) groups is 6. The van der Waals surface area contributed by atoms with Crippen molar-refractivity contribution in [2.24, 2.45) is 5.73 Å². The lowest BCUT2D eigenvalue weighted by Crippen LogP contribution is -2.55. The van der Waals surface area contributed by atoms with Gasteiger partial charge in [-0.05, 0) is 45.6 Å². The van der Waals surface area contributed by atoms with Gasteiger partial charge in [-0.25, -0.2) is 18.0 Å². The molecule has 0 saturated heterocycles. The van der Waals surface area contributed by atoms with E-state index in [4.69, 9.17) is 25.1 Å². The Morgan fingerprint density at radius 2 is 1.07 bits per heavy atom. The van der Waals surface area contributed by atoms with Crippen molar-refractivity contribution in [3.63, 3.8) is 0 Å². The van der Waals surface area contributed by atoms with Crippen LogP contribution in [0.25, 0.3) is 0 Å². The number of nitrogens with two attached hydrogens (primary N) is 1. The van der Waals surface area contributed by atoms with Crippen molar-refractivity contribution in [1.82, 2.24) is 4.31 Å². The van der Waals surface area contributed by atoms with Crippen molar-refractivity contribution in [1.29, 1.82) is 0 Å². The van der Waals surface area contributed by atoms with Crippen molar-refractivity contribution in [3.8, 4) is 0 Å². The van der Waals surface area contributed by atoms with Gasteiger partial charge in [-0.15, -0.1) is 0 Å². The first-order valence-electron chi connectivity index (χ1n) is 27.3. The summed E-state index contributed by atoms with van der Waals surface area (Å²) in [6, 6.07) is 5.13. The molecule has 0 heterocycles. The third-order valence-corrected chi connectivity index (χ3v) is 15.5. The normalized spacial score (nSPS) is 13.0. The van der Waals surface area contributed by atoms with E-state index in [1.165, 1.54) is 152 Å². The number of hydrogen-bond donors (Lipinski definition) is 3. The van der Waals surface area contributed by atoms with Crippen LogP contribution in [0.2, 0.25) is 0 Å². The summed E-state index contributed by atoms with van der Waals surface area (Å²) in [7, 11) is -4.35. The number of benzene rings is 1. The second-order valence-electron chi connectivity index (χ2n) is 20.4. The number of sulfonamides is 1.